The molecule has 1 amide bonds. The van der Waals surface area contributed by atoms with Gasteiger partial charge in [-0.3, -0.25) is 4.79 Å². The topological polar surface area (TPSA) is 41.6 Å². The lowest BCUT2D eigenvalue weighted by Crippen LogP contribution is -2.51. The van der Waals surface area contributed by atoms with Crippen LogP contribution in [-0.2, 0) is 9.53 Å². The largest absolute Gasteiger partial charge is 0.381 e. The highest BCUT2D eigenvalue weighted by atomic mass is 16.5. The average Bonchev–Trinajstić information content (AvgIpc) is 2.88. The fourth-order valence-corrected chi connectivity index (χ4v) is 3.38. The lowest BCUT2D eigenvalue weighted by molar-refractivity contribution is -0.123. The number of nitrogens with zero attached hydrogens (tertiary/aromatic N) is 1. The number of hydrogen-bond donors (Lipinski definition) is 1. The summed E-state index contributed by atoms with van der Waals surface area (Å²) in [5.74, 6) is 0.622. The van der Waals surface area contributed by atoms with Crippen LogP contribution in [0.1, 0.15) is 44.9 Å². The van der Waals surface area contributed by atoms with Gasteiger partial charge in [-0.25, -0.2) is 0 Å². The Morgan fingerprint density at radius 2 is 2.05 bits per heavy atom. The molecule has 2 aliphatic rings. The molecule has 0 bridgehead atoms. The lowest BCUT2D eigenvalue weighted by atomic mass is 9.95. The monoisotopic (exact) mass is 268 g/mol. The van der Waals surface area contributed by atoms with Crippen LogP contribution in [0.5, 0.6) is 0 Å². The van der Waals surface area contributed by atoms with Crippen LogP contribution >= 0.6 is 0 Å². The Kier molecular flexibility index (Phi) is 5.22. The Hall–Kier alpha value is -0.610. The van der Waals surface area contributed by atoms with Crippen LogP contribution in [0.15, 0.2) is 0 Å². The zero-order chi connectivity index (χ0) is 13.7. The van der Waals surface area contributed by atoms with Crippen molar-refractivity contribution >= 4 is 5.91 Å². The number of carbonyl (C=O) groups is 1. The fourth-order valence-electron chi connectivity index (χ4n) is 3.38. The summed E-state index contributed by atoms with van der Waals surface area (Å²) in [5.41, 5.74) is 0.193. The Morgan fingerprint density at radius 3 is 2.63 bits per heavy atom. The maximum Gasteiger partial charge on any atom is 0.220 e. The fraction of sp³-hybridized carbons (Fsp3) is 0.933. The van der Waals surface area contributed by atoms with E-state index in [4.69, 9.17) is 4.74 Å². The third-order valence-electron chi connectivity index (χ3n) is 4.83. The number of hydrogen-bond acceptors (Lipinski definition) is 3. The molecule has 1 N–H and O–H groups in total. The Labute approximate surface area is 116 Å². The van der Waals surface area contributed by atoms with Gasteiger partial charge in [-0.1, -0.05) is 12.8 Å². The summed E-state index contributed by atoms with van der Waals surface area (Å²) in [6.07, 6.45) is 7.82. The summed E-state index contributed by atoms with van der Waals surface area (Å²) >= 11 is 0. The van der Waals surface area contributed by atoms with Gasteiger partial charge in [-0.15, -0.1) is 0 Å². The van der Waals surface area contributed by atoms with Crippen LogP contribution in [0.4, 0.5) is 0 Å². The van der Waals surface area contributed by atoms with Crippen LogP contribution in [0, 0.1) is 5.92 Å². The Balaban J connectivity index is 1.75. The number of rotatable bonds is 5. The van der Waals surface area contributed by atoms with E-state index in [2.05, 4.69) is 24.3 Å². The third-order valence-corrected chi connectivity index (χ3v) is 4.83. The Bertz CT molecular complexity index is 293. The second-order valence-electron chi connectivity index (χ2n) is 6.39. The van der Waals surface area contributed by atoms with Gasteiger partial charge in [-0.05, 0) is 45.7 Å². The van der Waals surface area contributed by atoms with Crippen molar-refractivity contribution in [1.82, 2.24) is 10.2 Å². The number of amides is 1. The van der Waals surface area contributed by atoms with Crippen LogP contribution in [0.2, 0.25) is 0 Å². The number of ether oxygens (including phenoxy) is 1. The van der Waals surface area contributed by atoms with Gasteiger partial charge in [0.2, 0.25) is 5.91 Å². The van der Waals surface area contributed by atoms with Crippen LogP contribution < -0.4 is 5.32 Å². The molecule has 4 heteroatoms. The first-order valence-electron chi connectivity index (χ1n) is 7.64. The third kappa shape index (κ3) is 3.93. The highest BCUT2D eigenvalue weighted by Gasteiger charge is 2.36. The maximum atomic E-state index is 12.0. The van der Waals surface area contributed by atoms with E-state index in [1.54, 1.807) is 0 Å². The molecule has 1 aliphatic heterocycles. The number of nitrogens with one attached hydrogen (secondary N) is 1. The van der Waals surface area contributed by atoms with Crippen LogP contribution in [0.25, 0.3) is 0 Å². The summed E-state index contributed by atoms with van der Waals surface area (Å²) < 4.78 is 5.43. The molecule has 0 radical (unpaired) electrons. The molecule has 0 aromatic carbocycles. The summed E-state index contributed by atoms with van der Waals surface area (Å²) in [6.45, 7) is 2.42. The van der Waals surface area contributed by atoms with E-state index in [0.29, 0.717) is 12.3 Å². The molecular weight excluding hydrogens is 240 g/mol. The van der Waals surface area contributed by atoms with Gasteiger partial charge in [0.05, 0.1) is 0 Å². The molecule has 0 aromatic heterocycles. The number of likely N-dealkylation sites (N-methyl/N-ethyl adjacent to an activating group) is 1. The van der Waals surface area contributed by atoms with Crippen LogP contribution in [0.3, 0.4) is 0 Å². The molecule has 1 atom stereocenters. The second kappa shape index (κ2) is 6.71. The molecule has 4 nitrogen and oxygen atoms in total. The molecule has 0 unspecified atom stereocenters. The molecule has 0 aromatic rings. The number of carbonyl (C=O) groups excluding carboxylic acids is 1. The van der Waals surface area contributed by atoms with E-state index >= 15 is 0 Å². The molecule has 1 saturated carbocycles. The smallest absolute Gasteiger partial charge is 0.220 e. The van der Waals surface area contributed by atoms with Crippen molar-refractivity contribution in [2.45, 2.75) is 50.5 Å². The van der Waals surface area contributed by atoms with Gasteiger partial charge in [-0.2, -0.15) is 0 Å². The SMILES string of the molecule is CN(C)C1(CNC(=O)C[C@H]2CCCOC2)CCCC1. The van der Waals surface area contributed by atoms with Crippen LogP contribution in [-0.4, -0.2) is 50.2 Å². The first-order chi connectivity index (χ1) is 9.12. The van der Waals surface area contributed by atoms with E-state index in [9.17, 15) is 4.79 Å². The van der Waals surface area contributed by atoms with Gasteiger partial charge in [0.1, 0.15) is 0 Å². The van der Waals surface area contributed by atoms with Crippen molar-refractivity contribution in [3.05, 3.63) is 0 Å². The molecule has 19 heavy (non-hydrogen) atoms. The van der Waals surface area contributed by atoms with E-state index in [0.717, 1.165) is 32.6 Å². The normalized spacial score (nSPS) is 26.6. The minimum Gasteiger partial charge on any atom is -0.381 e. The molecule has 2 fully saturated rings. The molecule has 1 aliphatic carbocycles. The van der Waals surface area contributed by atoms with Crippen molar-refractivity contribution in [3.63, 3.8) is 0 Å². The van der Waals surface area contributed by atoms with E-state index in [-0.39, 0.29) is 11.4 Å². The first-order valence-corrected chi connectivity index (χ1v) is 7.64. The molecule has 1 saturated heterocycles. The molecule has 110 valence electrons. The highest BCUT2D eigenvalue weighted by molar-refractivity contribution is 5.76. The first kappa shape index (κ1) is 14.8. The quantitative estimate of drug-likeness (QED) is 0.826. The molecule has 2 rings (SSSR count). The standard InChI is InChI=1S/C15H28N2O2/c1-17(2)15(7-3-4-8-15)12-16-14(18)10-13-6-5-9-19-11-13/h13H,3-12H2,1-2H3,(H,16,18)/t13-/m1/s1. The van der Waals surface area contributed by atoms with E-state index in [1.165, 1.54) is 25.7 Å². The second-order valence-corrected chi connectivity index (χ2v) is 6.39. The van der Waals surface area contributed by atoms with Crippen molar-refractivity contribution in [2.24, 2.45) is 5.92 Å². The molecule has 1 heterocycles. The molecular formula is C15H28N2O2. The van der Waals surface area contributed by atoms with Gasteiger partial charge < -0.3 is 15.0 Å². The minimum absolute atomic E-state index is 0.193. The predicted octanol–water partition coefficient (Wildman–Crippen LogP) is 1.79. The van der Waals surface area contributed by atoms with Crippen molar-refractivity contribution in [3.8, 4) is 0 Å². The van der Waals surface area contributed by atoms with E-state index in [1.807, 2.05) is 0 Å². The van der Waals surface area contributed by atoms with Gasteiger partial charge >= 0.3 is 0 Å². The lowest BCUT2D eigenvalue weighted by Gasteiger charge is -2.36. The van der Waals surface area contributed by atoms with E-state index < -0.39 is 0 Å². The van der Waals surface area contributed by atoms with Crippen molar-refractivity contribution in [2.75, 3.05) is 33.9 Å². The Morgan fingerprint density at radius 1 is 1.32 bits per heavy atom. The van der Waals surface area contributed by atoms with Gasteiger partial charge in [0.25, 0.3) is 0 Å². The zero-order valence-corrected chi connectivity index (χ0v) is 12.4. The summed E-state index contributed by atoms with van der Waals surface area (Å²) in [5, 5.41) is 3.16. The summed E-state index contributed by atoms with van der Waals surface area (Å²) in [7, 11) is 4.26. The van der Waals surface area contributed by atoms with Gasteiger partial charge in [0.15, 0.2) is 0 Å². The van der Waals surface area contributed by atoms with Crippen molar-refractivity contribution < 1.29 is 9.53 Å². The highest BCUT2D eigenvalue weighted by Crippen LogP contribution is 2.33. The van der Waals surface area contributed by atoms with Gasteiger partial charge in [0, 0.05) is 31.7 Å². The minimum atomic E-state index is 0.193. The van der Waals surface area contributed by atoms with Crippen molar-refractivity contribution in [1.29, 1.82) is 0 Å². The maximum absolute atomic E-state index is 12.0. The predicted molar refractivity (Wildman–Crippen MR) is 76.1 cm³/mol. The summed E-state index contributed by atoms with van der Waals surface area (Å²) in [4.78, 5) is 14.3. The average molecular weight is 268 g/mol. The molecule has 0 spiro atoms. The zero-order valence-electron chi connectivity index (χ0n) is 12.4. The summed E-state index contributed by atoms with van der Waals surface area (Å²) in [6, 6.07) is 0.